The molecule has 0 bridgehead atoms. The Bertz CT molecular complexity index is 1410. The normalized spacial score (nSPS) is 25.4. The molecular formula is C28H28BrClN2O3S. The van der Waals surface area contributed by atoms with Crippen LogP contribution in [-0.2, 0) is 22.0 Å². The molecule has 1 aliphatic carbocycles. The number of hydrogen-bond donors (Lipinski definition) is 0. The summed E-state index contributed by atoms with van der Waals surface area (Å²) in [5.41, 5.74) is 2.60. The second-order valence-corrected chi connectivity index (χ2v) is 13.2. The van der Waals surface area contributed by atoms with Crippen molar-refractivity contribution in [2.24, 2.45) is 0 Å². The molecule has 6 rings (SSSR count). The van der Waals surface area contributed by atoms with E-state index in [0.29, 0.717) is 23.0 Å². The molecule has 3 aliphatic rings. The standard InChI is InChI=1S/C28H28BrClN2O3S/c1-35-23-9-4-20(5-10-23)19-31-26-13-6-21(29)18-25(26)27-14-2-3-15-28(27,31)32(17-16-27)36(33,34)24-11-7-22(30)8-12-24/h4-13,18H,2-3,14-17,19H2,1H3/t27-,28-/m1/s1. The first kappa shape index (κ1) is 24.3. The second kappa shape index (κ2) is 8.76. The quantitative estimate of drug-likeness (QED) is 0.332. The molecule has 0 unspecified atom stereocenters. The van der Waals surface area contributed by atoms with Gasteiger partial charge in [-0.15, -0.1) is 0 Å². The van der Waals surface area contributed by atoms with Gasteiger partial charge in [-0.2, -0.15) is 4.31 Å². The molecule has 0 N–H and O–H groups in total. The maximum absolute atomic E-state index is 14.3. The zero-order chi connectivity index (χ0) is 25.1. The Morgan fingerprint density at radius 1 is 0.972 bits per heavy atom. The van der Waals surface area contributed by atoms with Crippen LogP contribution in [-0.4, -0.2) is 32.0 Å². The van der Waals surface area contributed by atoms with Crippen LogP contribution in [0.5, 0.6) is 5.75 Å². The Morgan fingerprint density at radius 3 is 2.42 bits per heavy atom. The van der Waals surface area contributed by atoms with E-state index >= 15 is 0 Å². The topological polar surface area (TPSA) is 49.9 Å². The molecule has 3 aromatic carbocycles. The third-order valence-corrected chi connectivity index (χ3v) is 11.1. The van der Waals surface area contributed by atoms with Gasteiger partial charge >= 0.3 is 0 Å². The van der Waals surface area contributed by atoms with Gasteiger partial charge in [0.25, 0.3) is 0 Å². The molecule has 2 atom stereocenters. The van der Waals surface area contributed by atoms with Crippen molar-refractivity contribution in [3.05, 3.63) is 87.4 Å². The second-order valence-electron chi connectivity index (χ2n) is 9.98. The van der Waals surface area contributed by atoms with Gasteiger partial charge in [-0.05, 0) is 91.4 Å². The van der Waals surface area contributed by atoms with Crippen LogP contribution < -0.4 is 9.64 Å². The number of methoxy groups -OCH3 is 1. The lowest BCUT2D eigenvalue weighted by Crippen LogP contribution is -2.65. The minimum atomic E-state index is -3.76. The number of nitrogens with zero attached hydrogens (tertiary/aromatic N) is 2. The molecule has 188 valence electrons. The molecule has 36 heavy (non-hydrogen) atoms. The van der Waals surface area contributed by atoms with Gasteiger partial charge in [-0.25, -0.2) is 8.42 Å². The zero-order valence-electron chi connectivity index (χ0n) is 20.1. The minimum Gasteiger partial charge on any atom is -0.497 e. The van der Waals surface area contributed by atoms with E-state index in [1.807, 2.05) is 16.4 Å². The summed E-state index contributed by atoms with van der Waals surface area (Å²) in [4.78, 5) is 2.68. The number of anilines is 1. The lowest BCUT2D eigenvalue weighted by molar-refractivity contribution is 0.104. The van der Waals surface area contributed by atoms with Crippen LogP contribution >= 0.6 is 27.5 Å². The molecule has 5 nitrogen and oxygen atoms in total. The summed E-state index contributed by atoms with van der Waals surface area (Å²) in [5, 5.41) is 0.528. The summed E-state index contributed by atoms with van der Waals surface area (Å²) >= 11 is 9.80. The molecule has 0 spiro atoms. The fourth-order valence-electron chi connectivity index (χ4n) is 6.93. The zero-order valence-corrected chi connectivity index (χ0v) is 23.2. The largest absolute Gasteiger partial charge is 0.497 e. The van der Waals surface area contributed by atoms with Gasteiger partial charge in [0.1, 0.15) is 11.4 Å². The SMILES string of the molecule is COc1ccc(CN2c3ccc(Br)cc3[C@]34CCCC[C@]23N(S(=O)(=O)c2ccc(Cl)cc2)CC4)cc1. The van der Waals surface area contributed by atoms with Crippen molar-refractivity contribution in [2.75, 3.05) is 18.6 Å². The highest BCUT2D eigenvalue weighted by atomic mass is 79.9. The number of halogens is 2. The Balaban J connectivity index is 1.54. The Kier molecular flexibility index (Phi) is 5.91. The highest BCUT2D eigenvalue weighted by Crippen LogP contribution is 2.66. The Labute approximate surface area is 226 Å². The molecule has 1 saturated heterocycles. The van der Waals surface area contributed by atoms with Crippen molar-refractivity contribution in [3.63, 3.8) is 0 Å². The van der Waals surface area contributed by atoms with E-state index in [-0.39, 0.29) is 5.41 Å². The van der Waals surface area contributed by atoms with E-state index in [2.05, 4.69) is 51.2 Å². The van der Waals surface area contributed by atoms with Crippen LogP contribution in [0.15, 0.2) is 76.1 Å². The lowest BCUT2D eigenvalue weighted by Gasteiger charge is -2.53. The van der Waals surface area contributed by atoms with E-state index in [4.69, 9.17) is 16.3 Å². The van der Waals surface area contributed by atoms with Crippen molar-refractivity contribution in [1.29, 1.82) is 0 Å². The van der Waals surface area contributed by atoms with Gasteiger partial charge < -0.3 is 9.64 Å². The number of hydrogen-bond acceptors (Lipinski definition) is 4. The molecule has 3 aromatic rings. The van der Waals surface area contributed by atoms with Gasteiger partial charge in [0.2, 0.25) is 10.0 Å². The van der Waals surface area contributed by atoms with Crippen molar-refractivity contribution in [3.8, 4) is 5.75 Å². The first-order valence-corrected chi connectivity index (χ1v) is 14.9. The molecule has 0 aromatic heterocycles. The number of rotatable bonds is 5. The monoisotopic (exact) mass is 586 g/mol. The Morgan fingerprint density at radius 2 is 1.69 bits per heavy atom. The molecule has 2 heterocycles. The molecule has 2 aliphatic heterocycles. The first-order chi connectivity index (χ1) is 17.3. The maximum Gasteiger partial charge on any atom is 0.245 e. The fourth-order valence-corrected chi connectivity index (χ4v) is 9.24. The van der Waals surface area contributed by atoms with E-state index in [9.17, 15) is 8.42 Å². The van der Waals surface area contributed by atoms with Gasteiger partial charge in [0.15, 0.2) is 0 Å². The average molecular weight is 588 g/mol. The van der Waals surface area contributed by atoms with Crippen LogP contribution in [0.2, 0.25) is 5.02 Å². The molecular weight excluding hydrogens is 560 g/mol. The van der Waals surface area contributed by atoms with Crippen LogP contribution in [0.1, 0.15) is 43.2 Å². The average Bonchev–Trinajstić information content (AvgIpc) is 3.36. The first-order valence-electron chi connectivity index (χ1n) is 12.3. The highest BCUT2D eigenvalue weighted by molar-refractivity contribution is 9.10. The van der Waals surface area contributed by atoms with Gasteiger partial charge in [0.05, 0.1) is 12.0 Å². The van der Waals surface area contributed by atoms with Crippen LogP contribution in [0.3, 0.4) is 0 Å². The number of sulfonamides is 1. The summed E-state index contributed by atoms with van der Waals surface area (Å²) in [7, 11) is -2.09. The van der Waals surface area contributed by atoms with E-state index in [1.54, 1.807) is 31.4 Å². The van der Waals surface area contributed by atoms with E-state index < -0.39 is 15.7 Å². The fraction of sp³-hybridized carbons (Fsp3) is 0.357. The summed E-state index contributed by atoms with van der Waals surface area (Å²) in [6.07, 6.45) is 4.66. The highest BCUT2D eigenvalue weighted by Gasteiger charge is 2.70. The van der Waals surface area contributed by atoms with Crippen LogP contribution in [0.4, 0.5) is 5.69 Å². The summed E-state index contributed by atoms with van der Waals surface area (Å²) in [6.45, 7) is 1.11. The lowest BCUT2D eigenvalue weighted by atomic mass is 9.64. The summed E-state index contributed by atoms with van der Waals surface area (Å²) < 4.78 is 36.7. The molecule has 8 heteroatoms. The molecule has 2 fully saturated rings. The third kappa shape index (κ3) is 3.39. The maximum atomic E-state index is 14.3. The number of ether oxygens (including phenoxy) is 1. The van der Waals surface area contributed by atoms with Crippen LogP contribution in [0.25, 0.3) is 0 Å². The molecule has 0 radical (unpaired) electrons. The molecule has 0 amide bonds. The van der Waals surface area contributed by atoms with Gasteiger partial charge in [-0.1, -0.05) is 46.1 Å². The summed E-state index contributed by atoms with van der Waals surface area (Å²) in [6, 6.07) is 21.1. The smallest absolute Gasteiger partial charge is 0.245 e. The van der Waals surface area contributed by atoms with Crippen molar-refractivity contribution in [1.82, 2.24) is 4.31 Å². The molecule has 1 saturated carbocycles. The minimum absolute atomic E-state index is 0.254. The number of benzene rings is 3. The van der Waals surface area contributed by atoms with E-state index in [0.717, 1.165) is 53.6 Å². The number of fused-ring (bicyclic) bond motifs is 1. The predicted molar refractivity (Wildman–Crippen MR) is 146 cm³/mol. The van der Waals surface area contributed by atoms with Crippen molar-refractivity contribution >= 4 is 43.2 Å². The third-order valence-electron chi connectivity index (χ3n) is 8.41. The van der Waals surface area contributed by atoms with Crippen molar-refractivity contribution < 1.29 is 13.2 Å². The predicted octanol–water partition coefficient (Wildman–Crippen LogP) is 6.73. The van der Waals surface area contributed by atoms with Gasteiger partial charge in [-0.3, -0.25) is 0 Å². The Hall–Kier alpha value is -2.06. The van der Waals surface area contributed by atoms with Crippen LogP contribution in [0, 0.1) is 0 Å². The van der Waals surface area contributed by atoms with E-state index in [1.165, 1.54) is 5.56 Å². The van der Waals surface area contributed by atoms with Crippen molar-refractivity contribution in [2.45, 2.75) is 54.6 Å². The van der Waals surface area contributed by atoms with Gasteiger partial charge in [0, 0.05) is 33.7 Å². The summed E-state index contributed by atoms with van der Waals surface area (Å²) in [5.74, 6) is 0.808.